The van der Waals surface area contributed by atoms with Crippen LogP contribution < -0.4 is 0 Å². The number of fused-ring (bicyclic) bond motifs is 1. The van der Waals surface area contributed by atoms with E-state index in [9.17, 15) is 9.18 Å². The summed E-state index contributed by atoms with van der Waals surface area (Å²) < 4.78 is 26.4. The molecule has 3 aliphatic rings. The standard InChI is InChI=1S/C21H28FNO3/c1-14-4-3-5-17(22)19(14)20(24)23-11-10-21(25-2)9-8-16(12-18(21)23)26-13-15-6-7-15/h3-5,15-16,18H,6-13H2,1-2H3/t16-,18+,21-/m1/s1. The molecule has 0 bridgehead atoms. The Labute approximate surface area is 154 Å². The van der Waals surface area contributed by atoms with E-state index in [4.69, 9.17) is 9.47 Å². The smallest absolute Gasteiger partial charge is 0.257 e. The summed E-state index contributed by atoms with van der Waals surface area (Å²) in [4.78, 5) is 15.0. The van der Waals surface area contributed by atoms with E-state index in [0.29, 0.717) is 12.1 Å². The average molecular weight is 361 g/mol. The molecule has 4 nitrogen and oxygen atoms in total. The number of likely N-dealkylation sites (tertiary alicyclic amines) is 1. The number of nitrogens with zero attached hydrogens (tertiary/aromatic N) is 1. The molecule has 1 aliphatic heterocycles. The fourth-order valence-corrected chi connectivity index (χ4v) is 4.66. The average Bonchev–Trinajstić information content (AvgIpc) is 3.38. The summed E-state index contributed by atoms with van der Waals surface area (Å²) in [5.74, 6) is 0.0705. The molecule has 26 heavy (non-hydrogen) atoms. The summed E-state index contributed by atoms with van der Waals surface area (Å²) in [6.45, 7) is 3.23. The van der Waals surface area contributed by atoms with Crippen LogP contribution in [0.4, 0.5) is 4.39 Å². The van der Waals surface area contributed by atoms with Crippen molar-refractivity contribution in [1.29, 1.82) is 0 Å². The van der Waals surface area contributed by atoms with E-state index in [0.717, 1.165) is 38.2 Å². The molecule has 0 unspecified atom stereocenters. The molecule has 0 N–H and O–H groups in total. The van der Waals surface area contributed by atoms with Crippen LogP contribution in [0.15, 0.2) is 18.2 Å². The number of aryl methyl sites for hydroxylation is 1. The Hall–Kier alpha value is -1.46. The Kier molecular flexibility index (Phi) is 4.78. The number of carbonyl (C=O) groups excluding carboxylic acids is 1. The largest absolute Gasteiger partial charge is 0.378 e. The van der Waals surface area contributed by atoms with Gasteiger partial charge in [-0.3, -0.25) is 4.79 Å². The Morgan fingerprint density at radius 3 is 2.81 bits per heavy atom. The molecule has 1 aromatic carbocycles. The molecular formula is C21H28FNO3. The monoisotopic (exact) mass is 361 g/mol. The van der Waals surface area contributed by atoms with Gasteiger partial charge in [-0.1, -0.05) is 12.1 Å². The lowest BCUT2D eigenvalue weighted by molar-refractivity contribution is -0.0977. The van der Waals surface area contributed by atoms with Gasteiger partial charge in [0, 0.05) is 20.3 Å². The number of hydrogen-bond donors (Lipinski definition) is 0. The van der Waals surface area contributed by atoms with Crippen LogP contribution in [0.25, 0.3) is 0 Å². The van der Waals surface area contributed by atoms with Crippen LogP contribution in [-0.2, 0) is 9.47 Å². The number of hydrogen-bond acceptors (Lipinski definition) is 3. The Morgan fingerprint density at radius 2 is 2.12 bits per heavy atom. The van der Waals surface area contributed by atoms with Crippen LogP contribution in [0.2, 0.25) is 0 Å². The van der Waals surface area contributed by atoms with Gasteiger partial charge in [-0.05, 0) is 63.0 Å². The van der Waals surface area contributed by atoms with Gasteiger partial charge in [-0.15, -0.1) is 0 Å². The van der Waals surface area contributed by atoms with E-state index in [2.05, 4.69) is 0 Å². The summed E-state index contributed by atoms with van der Waals surface area (Å²) in [5.41, 5.74) is 0.566. The van der Waals surface area contributed by atoms with E-state index < -0.39 is 5.82 Å². The number of methoxy groups -OCH3 is 1. The third-order valence-corrected chi connectivity index (χ3v) is 6.50. The second-order valence-corrected chi connectivity index (χ2v) is 8.14. The molecule has 1 aromatic rings. The summed E-state index contributed by atoms with van der Waals surface area (Å²) in [7, 11) is 1.74. The molecular weight excluding hydrogens is 333 g/mol. The Balaban J connectivity index is 1.55. The van der Waals surface area contributed by atoms with Crippen molar-refractivity contribution in [2.45, 2.75) is 63.2 Å². The first-order valence-corrected chi connectivity index (χ1v) is 9.77. The van der Waals surface area contributed by atoms with Crippen molar-refractivity contribution < 1.29 is 18.7 Å². The zero-order valence-electron chi connectivity index (χ0n) is 15.7. The van der Waals surface area contributed by atoms with Crippen molar-refractivity contribution in [3.63, 3.8) is 0 Å². The minimum atomic E-state index is -0.442. The highest BCUT2D eigenvalue weighted by Crippen LogP contribution is 2.44. The molecule has 2 saturated carbocycles. The fraction of sp³-hybridized carbons (Fsp3) is 0.667. The van der Waals surface area contributed by atoms with Gasteiger partial charge in [0.1, 0.15) is 5.82 Å². The topological polar surface area (TPSA) is 38.8 Å². The summed E-state index contributed by atoms with van der Waals surface area (Å²) in [6.07, 6.45) is 6.16. The molecule has 2 aliphatic carbocycles. The lowest BCUT2D eigenvalue weighted by Crippen LogP contribution is -2.53. The van der Waals surface area contributed by atoms with Crippen molar-refractivity contribution >= 4 is 5.91 Å². The third kappa shape index (κ3) is 3.16. The molecule has 5 heteroatoms. The first kappa shape index (κ1) is 17.9. The number of halogens is 1. The van der Waals surface area contributed by atoms with Gasteiger partial charge in [0.15, 0.2) is 0 Å². The van der Waals surface area contributed by atoms with Crippen molar-refractivity contribution in [2.24, 2.45) is 5.92 Å². The highest BCUT2D eigenvalue weighted by molar-refractivity contribution is 5.96. The molecule has 1 heterocycles. The number of carbonyl (C=O) groups is 1. The van der Waals surface area contributed by atoms with Crippen LogP contribution in [0, 0.1) is 18.7 Å². The third-order valence-electron chi connectivity index (χ3n) is 6.50. The zero-order valence-corrected chi connectivity index (χ0v) is 15.7. The van der Waals surface area contributed by atoms with Crippen molar-refractivity contribution in [3.8, 4) is 0 Å². The lowest BCUT2D eigenvalue weighted by atomic mass is 9.79. The van der Waals surface area contributed by atoms with Gasteiger partial charge in [0.25, 0.3) is 5.91 Å². The van der Waals surface area contributed by atoms with Gasteiger partial charge in [0.05, 0.1) is 23.3 Å². The summed E-state index contributed by atoms with van der Waals surface area (Å²) in [5, 5.41) is 0. The van der Waals surface area contributed by atoms with Gasteiger partial charge < -0.3 is 14.4 Å². The number of amides is 1. The highest BCUT2D eigenvalue weighted by atomic mass is 19.1. The lowest BCUT2D eigenvalue weighted by Gasteiger charge is -2.43. The summed E-state index contributed by atoms with van der Waals surface area (Å²) in [6, 6.07) is 4.76. The minimum Gasteiger partial charge on any atom is -0.378 e. The molecule has 4 rings (SSSR count). The predicted octanol–water partition coefficient (Wildman–Crippen LogP) is 3.71. The van der Waals surface area contributed by atoms with Gasteiger partial charge in [-0.25, -0.2) is 4.39 Å². The van der Waals surface area contributed by atoms with Crippen LogP contribution in [0.1, 0.15) is 54.4 Å². The first-order valence-electron chi connectivity index (χ1n) is 9.77. The van der Waals surface area contributed by atoms with Gasteiger partial charge in [-0.2, -0.15) is 0 Å². The highest BCUT2D eigenvalue weighted by Gasteiger charge is 2.53. The molecule has 142 valence electrons. The molecule has 3 fully saturated rings. The maximum absolute atomic E-state index is 14.3. The molecule has 0 aromatic heterocycles. The summed E-state index contributed by atoms with van der Waals surface area (Å²) >= 11 is 0. The zero-order chi connectivity index (χ0) is 18.3. The maximum atomic E-state index is 14.3. The van der Waals surface area contributed by atoms with E-state index in [1.165, 1.54) is 18.9 Å². The quantitative estimate of drug-likeness (QED) is 0.802. The molecule has 0 radical (unpaired) electrons. The second kappa shape index (κ2) is 6.93. The van der Waals surface area contributed by atoms with E-state index >= 15 is 0 Å². The van der Waals surface area contributed by atoms with Crippen LogP contribution in [0.5, 0.6) is 0 Å². The second-order valence-electron chi connectivity index (χ2n) is 8.14. The number of rotatable bonds is 5. The van der Waals surface area contributed by atoms with E-state index in [-0.39, 0.29) is 29.2 Å². The predicted molar refractivity (Wildman–Crippen MR) is 96.6 cm³/mol. The number of ether oxygens (including phenoxy) is 2. The van der Waals surface area contributed by atoms with Crippen molar-refractivity contribution in [2.75, 3.05) is 20.3 Å². The van der Waals surface area contributed by atoms with Gasteiger partial charge >= 0.3 is 0 Å². The Bertz CT molecular complexity index is 670. The first-order chi connectivity index (χ1) is 12.5. The normalized spacial score (nSPS) is 31.1. The molecule has 1 saturated heterocycles. The van der Waals surface area contributed by atoms with E-state index in [1.807, 2.05) is 4.90 Å². The van der Waals surface area contributed by atoms with Crippen molar-refractivity contribution in [3.05, 3.63) is 35.1 Å². The van der Waals surface area contributed by atoms with Crippen molar-refractivity contribution in [1.82, 2.24) is 4.90 Å². The van der Waals surface area contributed by atoms with Crippen LogP contribution in [0.3, 0.4) is 0 Å². The Morgan fingerprint density at radius 1 is 1.31 bits per heavy atom. The number of benzene rings is 1. The van der Waals surface area contributed by atoms with Crippen LogP contribution in [-0.4, -0.2) is 48.8 Å². The molecule has 3 atom stereocenters. The SMILES string of the molecule is CO[C@@]12CC[C@@H](OCC3CC3)C[C@@H]1N(C(=O)c1c(C)cccc1F)CC2. The molecule has 1 amide bonds. The van der Waals surface area contributed by atoms with E-state index in [1.54, 1.807) is 26.2 Å². The fourth-order valence-electron chi connectivity index (χ4n) is 4.66. The minimum absolute atomic E-state index is 0.0445. The van der Waals surface area contributed by atoms with Crippen LogP contribution >= 0.6 is 0 Å². The van der Waals surface area contributed by atoms with Gasteiger partial charge in [0.2, 0.25) is 0 Å². The maximum Gasteiger partial charge on any atom is 0.257 e. The molecule has 0 spiro atoms.